The van der Waals surface area contributed by atoms with E-state index >= 15 is 0 Å². The highest BCUT2D eigenvalue weighted by Crippen LogP contribution is 2.35. The quantitative estimate of drug-likeness (QED) is 0.0315. The van der Waals surface area contributed by atoms with Gasteiger partial charge < -0.3 is 44.6 Å². The van der Waals surface area contributed by atoms with Gasteiger partial charge in [0.25, 0.3) is 11.8 Å². The lowest BCUT2D eigenvalue weighted by Crippen LogP contribution is -2.23. The molecule has 256 valence electrons. The van der Waals surface area contributed by atoms with Crippen molar-refractivity contribution in [2.75, 3.05) is 47.1 Å². The van der Waals surface area contributed by atoms with E-state index in [4.69, 9.17) is 28.7 Å². The summed E-state index contributed by atoms with van der Waals surface area (Å²) in [4.78, 5) is 57.1. The highest BCUT2D eigenvalue weighted by Gasteiger charge is 2.19. The Morgan fingerprint density at radius 3 is 1.90 bits per heavy atom. The SMILES string of the molecule is NCCCCC(=O)Nc1cc(P)cc(NC(=O)c2cc(C(=O)Nc3cc(P)ccc3SCCN=C(N)N)ncn2)c1SCCN=C(N)N. The second-order valence-corrected chi connectivity index (χ2v) is 13.6. The summed E-state index contributed by atoms with van der Waals surface area (Å²) in [5, 5.41) is 10.2. The lowest BCUT2D eigenvalue weighted by atomic mass is 10.2. The van der Waals surface area contributed by atoms with Crippen LogP contribution in [-0.2, 0) is 4.79 Å². The maximum Gasteiger partial charge on any atom is 0.274 e. The van der Waals surface area contributed by atoms with Gasteiger partial charge in [0.2, 0.25) is 5.91 Å². The van der Waals surface area contributed by atoms with E-state index in [9.17, 15) is 14.4 Å². The van der Waals surface area contributed by atoms with Crippen molar-refractivity contribution in [2.45, 2.75) is 29.1 Å². The van der Waals surface area contributed by atoms with Crippen molar-refractivity contribution in [3.8, 4) is 0 Å². The van der Waals surface area contributed by atoms with Crippen molar-refractivity contribution in [3.05, 3.63) is 54.1 Å². The molecule has 0 aliphatic heterocycles. The zero-order valence-electron chi connectivity index (χ0n) is 26.1. The maximum atomic E-state index is 13.5. The molecule has 0 spiro atoms. The number of aliphatic imine (C=N–C) groups is 2. The topological polar surface area (TPSA) is 268 Å². The molecule has 0 aliphatic carbocycles. The lowest BCUT2D eigenvalue weighted by Gasteiger charge is -2.17. The fourth-order valence-electron chi connectivity index (χ4n) is 4.04. The second-order valence-electron chi connectivity index (χ2n) is 10.0. The number of hydrogen-bond acceptors (Lipinski definition) is 10. The van der Waals surface area contributed by atoms with Gasteiger partial charge in [-0.25, -0.2) is 9.97 Å². The van der Waals surface area contributed by atoms with Crippen LogP contribution in [0.2, 0.25) is 0 Å². The molecule has 2 atom stereocenters. The standard InChI is InChI=1S/C29H40N12O3P2S2/c30-6-2-1-3-24(42)39-19-12-17(46)13-20(25(19)48-10-8-36-29(33)34)41-27(44)22-14-21(37-15-38-22)26(43)40-18-11-16(45)4-5-23(18)47-9-7-35-28(31)32/h4-5,11-15H,1-3,6-10,30,45-46H2,(H,39,42)(H,40,43)(H,41,44)(H4,31,32,35)(H4,33,34,36). The molecule has 0 aliphatic rings. The third-order valence-corrected chi connectivity index (χ3v) is 9.01. The average Bonchev–Trinajstić information content (AvgIpc) is 3.03. The number of thioether (sulfide) groups is 2. The Labute approximate surface area is 291 Å². The van der Waals surface area contributed by atoms with E-state index in [2.05, 4.69) is 54.4 Å². The van der Waals surface area contributed by atoms with Crippen molar-refractivity contribution >= 4 is 99.3 Å². The van der Waals surface area contributed by atoms with Crippen molar-refractivity contribution in [1.82, 2.24) is 9.97 Å². The largest absolute Gasteiger partial charge is 0.370 e. The number of amides is 3. The zero-order chi connectivity index (χ0) is 35.1. The lowest BCUT2D eigenvalue weighted by molar-refractivity contribution is -0.116. The van der Waals surface area contributed by atoms with Gasteiger partial charge in [-0.15, -0.1) is 42.0 Å². The fraction of sp³-hybridized carbons (Fsp3) is 0.276. The van der Waals surface area contributed by atoms with Gasteiger partial charge >= 0.3 is 0 Å². The van der Waals surface area contributed by atoms with Crippen molar-refractivity contribution in [3.63, 3.8) is 0 Å². The van der Waals surface area contributed by atoms with Gasteiger partial charge in [0.1, 0.15) is 17.7 Å². The normalized spacial score (nSPS) is 10.6. The first-order chi connectivity index (χ1) is 23.0. The molecule has 1 heterocycles. The molecule has 19 heteroatoms. The van der Waals surface area contributed by atoms with Crippen LogP contribution in [0.25, 0.3) is 0 Å². The molecule has 0 saturated heterocycles. The second kappa shape index (κ2) is 19.7. The van der Waals surface area contributed by atoms with Crippen LogP contribution in [0.3, 0.4) is 0 Å². The first-order valence-corrected chi connectivity index (χ1v) is 17.7. The van der Waals surface area contributed by atoms with Gasteiger partial charge in [0, 0.05) is 28.9 Å². The van der Waals surface area contributed by atoms with Crippen LogP contribution in [-0.4, -0.2) is 70.7 Å². The maximum absolute atomic E-state index is 13.5. The van der Waals surface area contributed by atoms with Crippen LogP contribution in [0.5, 0.6) is 0 Å². The highest BCUT2D eigenvalue weighted by molar-refractivity contribution is 7.99. The first kappa shape index (κ1) is 38.4. The number of nitrogens with two attached hydrogens (primary N) is 5. The molecule has 0 fully saturated rings. The molecule has 3 amide bonds. The summed E-state index contributed by atoms with van der Waals surface area (Å²) in [6, 6.07) is 10.4. The zero-order valence-corrected chi connectivity index (χ0v) is 30.0. The number of carbonyl (C=O) groups is 3. The Bertz CT molecular complexity index is 1670. The monoisotopic (exact) mass is 730 g/mol. The molecule has 2 unspecified atom stereocenters. The minimum absolute atomic E-state index is 0.00779. The number of benzene rings is 2. The van der Waals surface area contributed by atoms with E-state index in [1.807, 2.05) is 12.1 Å². The van der Waals surface area contributed by atoms with Crippen molar-refractivity contribution in [1.29, 1.82) is 0 Å². The molecule has 3 aromatic rings. The minimum atomic E-state index is -0.587. The summed E-state index contributed by atoms with van der Waals surface area (Å²) in [5.41, 5.74) is 28.7. The van der Waals surface area contributed by atoms with Gasteiger partial charge in [-0.05, 0) is 54.3 Å². The molecule has 13 N–H and O–H groups in total. The van der Waals surface area contributed by atoms with E-state index in [-0.39, 0.29) is 29.2 Å². The molecule has 15 nitrogen and oxygen atoms in total. The predicted octanol–water partition coefficient (Wildman–Crippen LogP) is 0.781. The molecule has 1 aromatic heterocycles. The Kier molecular flexibility index (Phi) is 15.8. The van der Waals surface area contributed by atoms with Gasteiger partial charge in [-0.3, -0.25) is 24.4 Å². The average molecular weight is 731 g/mol. The molecule has 0 bridgehead atoms. The minimum Gasteiger partial charge on any atom is -0.370 e. The number of hydrogen-bond donors (Lipinski definition) is 8. The smallest absolute Gasteiger partial charge is 0.274 e. The molecule has 48 heavy (non-hydrogen) atoms. The predicted molar refractivity (Wildman–Crippen MR) is 204 cm³/mol. The number of aromatic nitrogens is 2. The van der Waals surface area contributed by atoms with E-state index < -0.39 is 11.8 Å². The summed E-state index contributed by atoms with van der Waals surface area (Å²) in [6.45, 7) is 1.22. The number of carbonyl (C=O) groups excluding carboxylic acids is 3. The van der Waals surface area contributed by atoms with Crippen LogP contribution >= 0.6 is 42.0 Å². The van der Waals surface area contributed by atoms with Gasteiger partial charge in [-0.1, -0.05) is 6.07 Å². The number of nitrogens with one attached hydrogen (secondary N) is 3. The Hall–Kier alpha value is -4.01. The number of unbranched alkanes of at least 4 members (excludes halogenated alkanes) is 1. The van der Waals surface area contributed by atoms with E-state index in [0.29, 0.717) is 71.2 Å². The Balaban J connectivity index is 1.83. The molecule has 0 radical (unpaired) electrons. The highest BCUT2D eigenvalue weighted by atomic mass is 32.2. The van der Waals surface area contributed by atoms with Gasteiger partial charge in [0.15, 0.2) is 11.9 Å². The summed E-state index contributed by atoms with van der Waals surface area (Å²) in [5.74, 6) is -0.297. The number of rotatable bonds is 17. The number of guanidine groups is 2. The molecular formula is C29H40N12O3P2S2. The summed E-state index contributed by atoms with van der Waals surface area (Å²) < 4.78 is 0. The Morgan fingerprint density at radius 1 is 0.729 bits per heavy atom. The summed E-state index contributed by atoms with van der Waals surface area (Å²) in [7, 11) is 5.15. The third kappa shape index (κ3) is 12.9. The van der Waals surface area contributed by atoms with Crippen LogP contribution in [0.4, 0.5) is 17.1 Å². The van der Waals surface area contributed by atoms with Crippen molar-refractivity contribution in [2.24, 2.45) is 38.7 Å². The van der Waals surface area contributed by atoms with Crippen LogP contribution in [0.15, 0.2) is 62.5 Å². The summed E-state index contributed by atoms with van der Waals surface area (Å²) in [6.07, 6.45) is 2.81. The number of nitrogens with zero attached hydrogens (tertiary/aromatic N) is 4. The van der Waals surface area contributed by atoms with Gasteiger partial charge in [-0.2, -0.15) is 0 Å². The molecule has 0 saturated carbocycles. The van der Waals surface area contributed by atoms with E-state index in [0.717, 1.165) is 22.9 Å². The molecule has 3 rings (SSSR count). The number of anilines is 3. The first-order valence-electron chi connectivity index (χ1n) is 14.6. The molecular weight excluding hydrogens is 690 g/mol. The fourth-order valence-corrected chi connectivity index (χ4v) is 6.38. The van der Waals surface area contributed by atoms with Crippen LogP contribution in [0.1, 0.15) is 40.2 Å². The van der Waals surface area contributed by atoms with Crippen molar-refractivity contribution < 1.29 is 14.4 Å². The molecule has 2 aromatic carbocycles. The Morgan fingerprint density at radius 2 is 1.29 bits per heavy atom. The van der Waals surface area contributed by atoms with Crippen LogP contribution in [0, 0.1) is 0 Å². The van der Waals surface area contributed by atoms with E-state index in [1.165, 1.54) is 29.6 Å². The summed E-state index contributed by atoms with van der Waals surface area (Å²) >= 11 is 2.83. The third-order valence-electron chi connectivity index (χ3n) is 6.15. The van der Waals surface area contributed by atoms with E-state index in [1.54, 1.807) is 18.2 Å². The van der Waals surface area contributed by atoms with Gasteiger partial charge in [0.05, 0.1) is 35.0 Å². The van der Waals surface area contributed by atoms with Crippen LogP contribution < -0.4 is 55.2 Å².